The molecule has 0 atom stereocenters. The number of aryl methyl sites for hydroxylation is 4. The topological polar surface area (TPSA) is 103 Å². The molecule has 51 heavy (non-hydrogen) atoms. The summed E-state index contributed by atoms with van der Waals surface area (Å²) in [7, 11) is 1.50. The third-order valence-corrected chi connectivity index (χ3v) is 10.6. The van der Waals surface area contributed by atoms with E-state index in [1.165, 1.54) is 68.4 Å². The fourth-order valence-electron chi connectivity index (χ4n) is 7.86. The van der Waals surface area contributed by atoms with E-state index in [4.69, 9.17) is 10.5 Å². The van der Waals surface area contributed by atoms with E-state index < -0.39 is 0 Å². The molecule has 6 heteroatoms. The van der Waals surface area contributed by atoms with Gasteiger partial charge in [0.05, 0.1) is 13.5 Å². The SMILES string of the molecule is CCCC1(CCCC(=O)CC(=O)C=Cc2cc(OC)c(O)cc2Cc2cnc(N)cc2CCc2cccc(CCc3ccccc3)c2)CCCC1. The van der Waals surface area contributed by atoms with Gasteiger partial charge in [0.15, 0.2) is 17.3 Å². The average Bonchev–Trinajstić information content (AvgIpc) is 3.59. The number of nitrogen functional groups attached to an aromatic ring is 1. The number of Topliss-reactive ketones (excluding diaryl/α,β-unsaturated/α-hetero) is 1. The van der Waals surface area contributed by atoms with E-state index in [1.807, 2.05) is 12.1 Å². The molecule has 0 amide bonds. The van der Waals surface area contributed by atoms with Crippen molar-refractivity contribution in [1.29, 1.82) is 0 Å². The van der Waals surface area contributed by atoms with E-state index in [0.29, 0.717) is 29.8 Å². The number of nitrogens with two attached hydrogens (primary N) is 1. The summed E-state index contributed by atoms with van der Waals surface area (Å²) in [6.07, 6.45) is 18.9. The Morgan fingerprint density at radius 2 is 1.57 bits per heavy atom. The maximum atomic E-state index is 12.9. The second kappa shape index (κ2) is 18.5. The van der Waals surface area contributed by atoms with Crippen LogP contribution in [-0.2, 0) is 41.7 Å². The number of hydrogen-bond donors (Lipinski definition) is 2. The van der Waals surface area contributed by atoms with Gasteiger partial charge in [-0.15, -0.1) is 0 Å². The Morgan fingerprint density at radius 1 is 0.863 bits per heavy atom. The summed E-state index contributed by atoms with van der Waals surface area (Å²) in [6, 6.07) is 24.7. The summed E-state index contributed by atoms with van der Waals surface area (Å²) in [5.41, 5.74) is 14.1. The van der Waals surface area contributed by atoms with Crippen LogP contribution in [0.2, 0.25) is 0 Å². The second-order valence-corrected chi connectivity index (χ2v) is 14.4. The molecular weight excluding hydrogens is 633 g/mol. The lowest BCUT2D eigenvalue weighted by Gasteiger charge is -2.28. The van der Waals surface area contributed by atoms with Crippen LogP contribution in [0, 0.1) is 5.41 Å². The molecule has 0 saturated heterocycles. The molecule has 5 rings (SSSR count). The second-order valence-electron chi connectivity index (χ2n) is 14.4. The first-order chi connectivity index (χ1) is 24.8. The van der Waals surface area contributed by atoms with Crippen molar-refractivity contribution in [3.63, 3.8) is 0 Å². The van der Waals surface area contributed by atoms with Crippen molar-refractivity contribution >= 4 is 23.5 Å². The summed E-state index contributed by atoms with van der Waals surface area (Å²) in [4.78, 5) is 30.1. The maximum absolute atomic E-state index is 12.9. The van der Waals surface area contributed by atoms with E-state index >= 15 is 0 Å². The molecule has 3 aromatic carbocycles. The molecule has 1 aliphatic rings. The Bertz CT molecular complexity index is 1790. The van der Waals surface area contributed by atoms with Crippen molar-refractivity contribution in [1.82, 2.24) is 4.98 Å². The van der Waals surface area contributed by atoms with Gasteiger partial charge in [-0.05, 0) is 133 Å². The van der Waals surface area contributed by atoms with Crippen molar-refractivity contribution in [3.05, 3.63) is 124 Å². The number of pyridine rings is 1. The quantitative estimate of drug-likeness (QED) is 0.0752. The molecule has 1 saturated carbocycles. The van der Waals surface area contributed by atoms with Crippen LogP contribution in [0.25, 0.3) is 6.08 Å². The third-order valence-electron chi connectivity index (χ3n) is 10.6. The van der Waals surface area contributed by atoms with Crippen LogP contribution in [0.15, 0.2) is 85.1 Å². The molecule has 1 aliphatic carbocycles. The van der Waals surface area contributed by atoms with Gasteiger partial charge >= 0.3 is 0 Å². The van der Waals surface area contributed by atoms with Crippen molar-refractivity contribution in [2.45, 2.75) is 103 Å². The molecule has 268 valence electrons. The summed E-state index contributed by atoms with van der Waals surface area (Å²) in [6.45, 7) is 2.24. The molecule has 1 heterocycles. The minimum absolute atomic E-state index is 0.00266. The number of phenols is 1. The smallest absolute Gasteiger partial charge is 0.163 e. The first kappa shape index (κ1) is 37.5. The minimum Gasteiger partial charge on any atom is -0.504 e. The molecule has 0 unspecified atom stereocenters. The van der Waals surface area contributed by atoms with E-state index in [9.17, 15) is 14.7 Å². The minimum atomic E-state index is -0.219. The average molecular weight is 687 g/mol. The predicted octanol–water partition coefficient (Wildman–Crippen LogP) is 9.61. The first-order valence-corrected chi connectivity index (χ1v) is 18.7. The Kier molecular flexibility index (Phi) is 13.6. The number of rotatable bonds is 19. The lowest BCUT2D eigenvalue weighted by molar-refractivity contribution is -0.124. The molecule has 6 nitrogen and oxygen atoms in total. The number of carbonyl (C=O) groups excluding carboxylic acids is 2. The number of methoxy groups -OCH3 is 1. The molecule has 0 spiro atoms. The summed E-state index contributed by atoms with van der Waals surface area (Å²) >= 11 is 0. The zero-order valence-corrected chi connectivity index (χ0v) is 30.5. The van der Waals surface area contributed by atoms with Crippen LogP contribution in [0.1, 0.15) is 110 Å². The van der Waals surface area contributed by atoms with Crippen molar-refractivity contribution in [3.8, 4) is 11.5 Å². The Morgan fingerprint density at radius 3 is 2.29 bits per heavy atom. The number of ether oxygens (including phenoxy) is 1. The standard InChI is InChI=1S/C45H54N2O4/c1-3-22-45(23-7-8-24-45)25-10-15-40(48)31-41(49)21-20-36-29-43(51-2)42(50)28-38(36)27-39-32-47-44(46)30-37(39)19-18-35-14-9-13-34(26-35)17-16-33-11-5-4-6-12-33/h4-6,9,11-14,20-21,26,28-30,32,50H,3,7-8,10,15-19,22-25,27,31H2,1-2H3,(H2,46,47). The number of allylic oxidation sites excluding steroid dienone is 1. The molecule has 1 fully saturated rings. The Hall–Kier alpha value is -4.71. The van der Waals surface area contributed by atoms with Crippen LogP contribution < -0.4 is 10.5 Å². The number of anilines is 1. The van der Waals surface area contributed by atoms with Gasteiger partial charge in [-0.25, -0.2) is 4.98 Å². The van der Waals surface area contributed by atoms with E-state index in [1.54, 1.807) is 24.4 Å². The van der Waals surface area contributed by atoms with Gasteiger partial charge in [0, 0.05) is 12.6 Å². The van der Waals surface area contributed by atoms with Gasteiger partial charge in [-0.1, -0.05) is 86.9 Å². The number of nitrogens with zero attached hydrogens (tertiary/aromatic N) is 1. The van der Waals surface area contributed by atoms with E-state index in [2.05, 4.69) is 60.4 Å². The molecular formula is C45H54N2O4. The van der Waals surface area contributed by atoms with Crippen LogP contribution in [0.4, 0.5) is 5.82 Å². The number of aromatic hydroxyl groups is 1. The molecule has 3 N–H and O–H groups in total. The Balaban J connectivity index is 1.23. The van der Waals surface area contributed by atoms with E-state index in [-0.39, 0.29) is 23.7 Å². The van der Waals surface area contributed by atoms with Gasteiger partial charge in [0.1, 0.15) is 11.6 Å². The monoisotopic (exact) mass is 686 g/mol. The molecule has 1 aromatic heterocycles. The van der Waals surface area contributed by atoms with Gasteiger partial charge in [-0.3, -0.25) is 9.59 Å². The van der Waals surface area contributed by atoms with Crippen LogP contribution >= 0.6 is 0 Å². The number of ketones is 2. The number of carbonyl (C=O) groups is 2. The lowest BCUT2D eigenvalue weighted by atomic mass is 9.77. The van der Waals surface area contributed by atoms with Gasteiger partial charge in [0.25, 0.3) is 0 Å². The lowest BCUT2D eigenvalue weighted by Crippen LogP contribution is -2.16. The molecule has 0 aliphatic heterocycles. The van der Waals surface area contributed by atoms with Crippen LogP contribution in [0.5, 0.6) is 11.5 Å². The summed E-state index contributed by atoms with van der Waals surface area (Å²) < 4.78 is 5.40. The normalized spacial score (nSPS) is 13.8. The largest absolute Gasteiger partial charge is 0.504 e. The number of hydrogen-bond acceptors (Lipinski definition) is 6. The van der Waals surface area contributed by atoms with Gasteiger partial charge in [-0.2, -0.15) is 0 Å². The number of aromatic nitrogens is 1. The molecule has 0 bridgehead atoms. The fourth-order valence-corrected chi connectivity index (χ4v) is 7.86. The zero-order chi connectivity index (χ0) is 36.1. The number of phenolic OH excluding ortho intramolecular Hbond substituents is 1. The summed E-state index contributed by atoms with van der Waals surface area (Å²) in [5.74, 6) is 0.575. The van der Waals surface area contributed by atoms with Crippen molar-refractivity contribution < 1.29 is 19.4 Å². The highest BCUT2D eigenvalue weighted by Gasteiger charge is 2.32. The van der Waals surface area contributed by atoms with Crippen molar-refractivity contribution in [2.75, 3.05) is 12.8 Å². The fraction of sp³-hybridized carbons (Fsp3) is 0.400. The molecule has 4 aromatic rings. The van der Waals surface area contributed by atoms with Gasteiger partial charge < -0.3 is 15.6 Å². The van der Waals surface area contributed by atoms with Gasteiger partial charge in [0.2, 0.25) is 0 Å². The number of benzene rings is 3. The predicted molar refractivity (Wildman–Crippen MR) is 207 cm³/mol. The van der Waals surface area contributed by atoms with Crippen molar-refractivity contribution in [2.24, 2.45) is 5.41 Å². The van der Waals surface area contributed by atoms with Crippen LogP contribution in [-0.4, -0.2) is 28.8 Å². The highest BCUT2D eigenvalue weighted by molar-refractivity contribution is 6.06. The Labute approximate surface area is 304 Å². The highest BCUT2D eigenvalue weighted by atomic mass is 16.5. The van der Waals surface area contributed by atoms with Crippen LogP contribution in [0.3, 0.4) is 0 Å². The molecule has 0 radical (unpaired) electrons. The maximum Gasteiger partial charge on any atom is 0.163 e. The highest BCUT2D eigenvalue weighted by Crippen LogP contribution is 2.46. The summed E-state index contributed by atoms with van der Waals surface area (Å²) in [5, 5.41) is 10.7. The third kappa shape index (κ3) is 11.1. The zero-order valence-electron chi connectivity index (χ0n) is 30.5. The first-order valence-electron chi connectivity index (χ1n) is 18.7. The van der Waals surface area contributed by atoms with E-state index in [0.717, 1.165) is 60.8 Å².